The molecule has 4 nitrogen and oxygen atoms in total. The van der Waals surface area contributed by atoms with Crippen LogP contribution in [0.2, 0.25) is 0 Å². The van der Waals surface area contributed by atoms with Gasteiger partial charge in [0.2, 0.25) is 0 Å². The molecule has 1 aliphatic heterocycles. The van der Waals surface area contributed by atoms with Crippen LogP contribution in [0, 0.1) is 0 Å². The Bertz CT molecular complexity index is 413. The minimum atomic E-state index is 0.224. The predicted molar refractivity (Wildman–Crippen MR) is 72.9 cm³/mol. The zero-order valence-corrected chi connectivity index (χ0v) is 11.6. The maximum Gasteiger partial charge on any atom is 0.193 e. The molecule has 1 fully saturated rings. The second kappa shape index (κ2) is 5.67. The summed E-state index contributed by atoms with van der Waals surface area (Å²) < 4.78 is 1.90. The Morgan fingerprint density at radius 1 is 1.39 bits per heavy atom. The zero-order chi connectivity index (χ0) is 13.1. The van der Waals surface area contributed by atoms with Crippen LogP contribution in [0.5, 0.6) is 0 Å². The van der Waals surface area contributed by atoms with Gasteiger partial charge in [-0.15, -0.1) is 0 Å². The van der Waals surface area contributed by atoms with Crippen LogP contribution in [0.4, 0.5) is 0 Å². The second-order valence-corrected chi connectivity index (χ2v) is 5.21. The van der Waals surface area contributed by atoms with Crippen molar-refractivity contribution in [3.8, 4) is 0 Å². The minimum absolute atomic E-state index is 0.224. The Morgan fingerprint density at radius 3 is 2.78 bits per heavy atom. The Hall–Kier alpha value is -1.13. The first-order valence-electron chi connectivity index (χ1n) is 6.69. The van der Waals surface area contributed by atoms with Crippen molar-refractivity contribution >= 4 is 5.78 Å². The Morgan fingerprint density at radius 2 is 2.17 bits per heavy atom. The molecule has 2 heterocycles. The van der Waals surface area contributed by atoms with E-state index in [0.29, 0.717) is 12.6 Å². The summed E-state index contributed by atoms with van der Waals surface area (Å²) in [6.45, 7) is 5.80. The van der Waals surface area contributed by atoms with Gasteiger partial charge in [0.25, 0.3) is 0 Å². The van der Waals surface area contributed by atoms with E-state index < -0.39 is 0 Å². The molecular formula is C14H23N3O. The van der Waals surface area contributed by atoms with E-state index in [2.05, 4.69) is 23.8 Å². The summed E-state index contributed by atoms with van der Waals surface area (Å²) in [5.74, 6) is 0.224. The molecule has 0 saturated carbocycles. The van der Waals surface area contributed by atoms with Gasteiger partial charge in [0.05, 0.1) is 12.2 Å². The van der Waals surface area contributed by atoms with Gasteiger partial charge in [-0.05, 0) is 25.6 Å². The fraction of sp³-hybridized carbons (Fsp3) is 0.643. The van der Waals surface area contributed by atoms with Crippen LogP contribution < -0.4 is 0 Å². The van der Waals surface area contributed by atoms with E-state index >= 15 is 0 Å². The number of likely N-dealkylation sites (N-methyl/N-ethyl adjacent to an activating group) is 1. The van der Waals surface area contributed by atoms with Crippen molar-refractivity contribution in [2.75, 3.05) is 33.2 Å². The molecule has 1 unspecified atom stereocenters. The minimum Gasteiger partial charge on any atom is -0.348 e. The van der Waals surface area contributed by atoms with Crippen molar-refractivity contribution in [2.45, 2.75) is 19.4 Å². The molecule has 0 spiro atoms. The van der Waals surface area contributed by atoms with E-state index in [9.17, 15) is 4.79 Å². The molecule has 2 rings (SSSR count). The number of hydrogen-bond acceptors (Lipinski definition) is 3. The molecule has 0 amide bonds. The Labute approximate surface area is 109 Å². The highest BCUT2D eigenvalue weighted by molar-refractivity contribution is 5.96. The van der Waals surface area contributed by atoms with Gasteiger partial charge in [-0.25, -0.2) is 0 Å². The number of Topliss-reactive ketones (excluding diaryl/α,β-unsaturated/α-hetero) is 1. The van der Waals surface area contributed by atoms with E-state index in [4.69, 9.17) is 0 Å². The SMILES string of the molecule is CCC1CN(CC(=O)c2cccn2C)CCN1C. The van der Waals surface area contributed by atoms with Gasteiger partial charge in [0.15, 0.2) is 5.78 Å². The lowest BCUT2D eigenvalue weighted by Gasteiger charge is -2.38. The summed E-state index contributed by atoms with van der Waals surface area (Å²) in [7, 11) is 4.09. The number of hydrogen-bond donors (Lipinski definition) is 0. The van der Waals surface area contributed by atoms with E-state index in [-0.39, 0.29) is 5.78 Å². The van der Waals surface area contributed by atoms with Gasteiger partial charge in [-0.3, -0.25) is 9.69 Å². The number of aryl methyl sites for hydroxylation is 1. The van der Waals surface area contributed by atoms with Crippen molar-refractivity contribution in [1.82, 2.24) is 14.4 Å². The lowest BCUT2D eigenvalue weighted by Crippen LogP contribution is -2.52. The monoisotopic (exact) mass is 249 g/mol. The number of aromatic nitrogens is 1. The molecule has 1 atom stereocenters. The van der Waals surface area contributed by atoms with Crippen molar-refractivity contribution in [1.29, 1.82) is 0 Å². The third kappa shape index (κ3) is 2.82. The molecule has 0 radical (unpaired) electrons. The van der Waals surface area contributed by atoms with Gasteiger partial charge in [-0.2, -0.15) is 0 Å². The van der Waals surface area contributed by atoms with Gasteiger partial charge in [0, 0.05) is 38.9 Å². The molecular weight excluding hydrogens is 226 g/mol. The lowest BCUT2D eigenvalue weighted by atomic mass is 10.1. The first-order chi connectivity index (χ1) is 8.61. The van der Waals surface area contributed by atoms with Crippen LogP contribution >= 0.6 is 0 Å². The number of rotatable bonds is 4. The van der Waals surface area contributed by atoms with Gasteiger partial charge in [0.1, 0.15) is 0 Å². The molecule has 1 aromatic rings. The van der Waals surface area contributed by atoms with Crippen LogP contribution in [0.3, 0.4) is 0 Å². The fourth-order valence-corrected chi connectivity index (χ4v) is 2.63. The molecule has 18 heavy (non-hydrogen) atoms. The third-order valence-corrected chi connectivity index (χ3v) is 3.93. The second-order valence-electron chi connectivity index (χ2n) is 5.21. The standard InChI is InChI=1S/C14H23N3O/c1-4-12-10-17(9-8-15(12)2)11-14(18)13-6-5-7-16(13)3/h5-7,12H,4,8-11H2,1-3H3. The lowest BCUT2D eigenvalue weighted by molar-refractivity contribution is 0.0737. The summed E-state index contributed by atoms with van der Waals surface area (Å²) in [6.07, 6.45) is 3.07. The fourth-order valence-electron chi connectivity index (χ4n) is 2.63. The van der Waals surface area contributed by atoms with Gasteiger partial charge >= 0.3 is 0 Å². The van der Waals surface area contributed by atoms with Crippen molar-refractivity contribution in [3.63, 3.8) is 0 Å². The Kier molecular flexibility index (Phi) is 4.19. The highest BCUT2D eigenvalue weighted by atomic mass is 16.1. The summed E-state index contributed by atoms with van der Waals surface area (Å²) in [6, 6.07) is 4.40. The highest BCUT2D eigenvalue weighted by Gasteiger charge is 2.24. The number of ketones is 1. The molecule has 1 saturated heterocycles. The smallest absolute Gasteiger partial charge is 0.193 e. The quantitative estimate of drug-likeness (QED) is 0.752. The molecule has 0 aliphatic carbocycles. The van der Waals surface area contributed by atoms with Crippen LogP contribution in [0.25, 0.3) is 0 Å². The molecule has 1 aromatic heterocycles. The number of piperazine rings is 1. The number of nitrogens with zero attached hydrogens (tertiary/aromatic N) is 3. The number of carbonyl (C=O) groups excluding carboxylic acids is 1. The normalized spacial score (nSPS) is 22.3. The molecule has 4 heteroatoms. The van der Waals surface area contributed by atoms with E-state index in [0.717, 1.165) is 31.7 Å². The third-order valence-electron chi connectivity index (χ3n) is 3.93. The van der Waals surface area contributed by atoms with Crippen LogP contribution in [0.15, 0.2) is 18.3 Å². The molecule has 0 aromatic carbocycles. The first kappa shape index (κ1) is 13.3. The molecule has 100 valence electrons. The largest absolute Gasteiger partial charge is 0.348 e. The van der Waals surface area contributed by atoms with E-state index in [1.165, 1.54) is 0 Å². The van der Waals surface area contributed by atoms with Crippen molar-refractivity contribution in [2.24, 2.45) is 7.05 Å². The predicted octanol–water partition coefficient (Wildman–Crippen LogP) is 1.23. The zero-order valence-electron chi connectivity index (χ0n) is 11.6. The number of carbonyl (C=O) groups is 1. The van der Waals surface area contributed by atoms with Gasteiger partial charge < -0.3 is 9.47 Å². The van der Waals surface area contributed by atoms with Crippen LogP contribution in [-0.2, 0) is 7.05 Å². The summed E-state index contributed by atoms with van der Waals surface area (Å²) in [4.78, 5) is 16.9. The molecule has 0 bridgehead atoms. The van der Waals surface area contributed by atoms with E-state index in [1.807, 2.05) is 29.9 Å². The van der Waals surface area contributed by atoms with Crippen molar-refractivity contribution < 1.29 is 4.79 Å². The topological polar surface area (TPSA) is 28.5 Å². The average Bonchev–Trinajstić information content (AvgIpc) is 2.78. The summed E-state index contributed by atoms with van der Waals surface area (Å²) in [5.41, 5.74) is 0.807. The first-order valence-corrected chi connectivity index (χ1v) is 6.69. The van der Waals surface area contributed by atoms with E-state index in [1.54, 1.807) is 0 Å². The van der Waals surface area contributed by atoms with Crippen LogP contribution in [-0.4, -0.2) is 59.4 Å². The maximum absolute atomic E-state index is 12.2. The van der Waals surface area contributed by atoms with Gasteiger partial charge in [-0.1, -0.05) is 6.92 Å². The average molecular weight is 249 g/mol. The summed E-state index contributed by atoms with van der Waals surface area (Å²) >= 11 is 0. The maximum atomic E-state index is 12.2. The van der Waals surface area contributed by atoms with Crippen molar-refractivity contribution in [3.05, 3.63) is 24.0 Å². The summed E-state index contributed by atoms with van der Waals surface area (Å²) in [5, 5.41) is 0. The molecule has 1 aliphatic rings. The van der Waals surface area contributed by atoms with Crippen LogP contribution in [0.1, 0.15) is 23.8 Å². The Balaban J connectivity index is 1.94. The highest BCUT2D eigenvalue weighted by Crippen LogP contribution is 2.11. The molecule has 0 N–H and O–H groups in total.